The van der Waals surface area contributed by atoms with Gasteiger partial charge in [-0.3, -0.25) is 19.3 Å². The van der Waals surface area contributed by atoms with E-state index in [0.717, 1.165) is 32.0 Å². The van der Waals surface area contributed by atoms with Crippen molar-refractivity contribution in [3.8, 4) is 5.75 Å². The highest BCUT2D eigenvalue weighted by Gasteiger charge is 2.35. The molecule has 1 aliphatic rings. The third-order valence-corrected chi connectivity index (χ3v) is 6.36. The number of nitrogens with zero attached hydrogens (tertiary/aromatic N) is 2. The average Bonchev–Trinajstić information content (AvgIpc) is 3.26. The molecule has 0 aliphatic carbocycles. The van der Waals surface area contributed by atoms with Crippen molar-refractivity contribution in [3.63, 3.8) is 0 Å². The number of hydrogen-bond acceptors (Lipinski definition) is 6. The van der Waals surface area contributed by atoms with E-state index in [2.05, 4.69) is 15.9 Å². The van der Waals surface area contributed by atoms with E-state index >= 15 is 0 Å². The summed E-state index contributed by atoms with van der Waals surface area (Å²) in [5.41, 5.74) is 1.49. The van der Waals surface area contributed by atoms with Gasteiger partial charge in [0.1, 0.15) is 24.7 Å². The number of benzene rings is 2. The van der Waals surface area contributed by atoms with Crippen molar-refractivity contribution in [2.24, 2.45) is 0 Å². The van der Waals surface area contributed by atoms with Crippen molar-refractivity contribution in [3.05, 3.63) is 69.4 Å². The summed E-state index contributed by atoms with van der Waals surface area (Å²) in [7, 11) is 1.32. The van der Waals surface area contributed by atoms with Crippen LogP contribution in [0.5, 0.6) is 5.75 Å². The third kappa shape index (κ3) is 5.12. The van der Waals surface area contributed by atoms with Gasteiger partial charge in [-0.25, -0.2) is 4.39 Å². The molecule has 1 saturated heterocycles. The number of carbonyl (C=O) groups is 3. The standard InChI is InChI=1S/C23H18BrFN2O5S/c1-31-21(28)13-26-12-14(18-11-15(24)2-7-19(18)26)10-20-22(29)27(23(30)33-20)8-9-32-17-5-3-16(25)4-6-17/h2-7,10-12H,8-9,13H2,1H3/b20-10-. The fourth-order valence-electron chi connectivity index (χ4n) is 3.37. The van der Waals surface area contributed by atoms with Gasteiger partial charge in [-0.2, -0.15) is 0 Å². The lowest BCUT2D eigenvalue weighted by atomic mass is 10.1. The molecular formula is C23H18BrFN2O5S. The number of amides is 2. The van der Waals surface area contributed by atoms with E-state index in [9.17, 15) is 18.8 Å². The molecule has 4 rings (SSSR count). The van der Waals surface area contributed by atoms with E-state index in [1.54, 1.807) is 16.8 Å². The second kappa shape index (κ2) is 9.80. The number of hydrogen-bond donors (Lipinski definition) is 0. The summed E-state index contributed by atoms with van der Waals surface area (Å²) in [6.07, 6.45) is 3.40. The summed E-state index contributed by atoms with van der Waals surface area (Å²) in [6.45, 7) is 0.169. The Morgan fingerprint density at radius 3 is 2.67 bits per heavy atom. The number of esters is 1. The predicted octanol–water partition coefficient (Wildman–Crippen LogP) is 4.83. The Morgan fingerprint density at radius 2 is 1.94 bits per heavy atom. The van der Waals surface area contributed by atoms with Crippen LogP contribution in [0.2, 0.25) is 0 Å². The maximum Gasteiger partial charge on any atom is 0.325 e. The van der Waals surface area contributed by atoms with E-state index in [4.69, 9.17) is 9.47 Å². The van der Waals surface area contributed by atoms with Crippen molar-refractivity contribution >= 4 is 61.8 Å². The molecule has 33 heavy (non-hydrogen) atoms. The third-order valence-electron chi connectivity index (χ3n) is 4.96. The highest BCUT2D eigenvalue weighted by atomic mass is 79.9. The fraction of sp³-hybridized carbons (Fsp3) is 0.174. The summed E-state index contributed by atoms with van der Waals surface area (Å²) < 4.78 is 25.8. The maximum atomic E-state index is 13.0. The van der Waals surface area contributed by atoms with Crippen LogP contribution in [0, 0.1) is 5.82 Å². The van der Waals surface area contributed by atoms with Crippen LogP contribution in [-0.2, 0) is 20.9 Å². The summed E-state index contributed by atoms with van der Waals surface area (Å²) in [6, 6.07) is 11.1. The minimum absolute atomic E-state index is 0.0185. The molecule has 0 radical (unpaired) electrons. The van der Waals surface area contributed by atoms with Crippen LogP contribution in [0.3, 0.4) is 0 Å². The molecule has 2 amide bonds. The Hall–Kier alpha value is -3.11. The number of halogens is 2. The van der Waals surface area contributed by atoms with Crippen LogP contribution >= 0.6 is 27.7 Å². The minimum Gasteiger partial charge on any atom is -0.492 e. The van der Waals surface area contributed by atoms with Gasteiger partial charge in [0.15, 0.2) is 0 Å². The summed E-state index contributed by atoms with van der Waals surface area (Å²) in [4.78, 5) is 38.5. The van der Waals surface area contributed by atoms with Gasteiger partial charge in [-0.1, -0.05) is 15.9 Å². The minimum atomic E-state index is -0.420. The molecule has 0 unspecified atom stereocenters. The lowest BCUT2D eigenvalue weighted by Gasteiger charge is -2.13. The lowest BCUT2D eigenvalue weighted by molar-refractivity contribution is -0.141. The van der Waals surface area contributed by atoms with E-state index < -0.39 is 17.1 Å². The first-order valence-electron chi connectivity index (χ1n) is 9.84. The van der Waals surface area contributed by atoms with Crippen LogP contribution < -0.4 is 4.74 Å². The van der Waals surface area contributed by atoms with Crippen molar-refractivity contribution in [2.75, 3.05) is 20.3 Å². The molecule has 1 aliphatic heterocycles. The van der Waals surface area contributed by atoms with E-state index in [-0.39, 0.29) is 30.4 Å². The Morgan fingerprint density at radius 1 is 1.18 bits per heavy atom. The predicted molar refractivity (Wildman–Crippen MR) is 126 cm³/mol. The first kappa shape index (κ1) is 23.1. The first-order valence-corrected chi connectivity index (χ1v) is 11.5. The molecule has 0 saturated carbocycles. The summed E-state index contributed by atoms with van der Waals surface area (Å²) >= 11 is 4.29. The zero-order valence-electron chi connectivity index (χ0n) is 17.4. The van der Waals surface area contributed by atoms with Gasteiger partial charge in [0.2, 0.25) is 0 Å². The van der Waals surface area contributed by atoms with E-state index in [1.165, 1.54) is 31.4 Å². The molecule has 3 aromatic rings. The second-order valence-corrected chi connectivity index (χ2v) is 8.99. The molecule has 1 aromatic heterocycles. The molecular weight excluding hydrogens is 515 g/mol. The van der Waals surface area contributed by atoms with E-state index in [0.29, 0.717) is 11.3 Å². The quantitative estimate of drug-likeness (QED) is 0.320. The number of fused-ring (bicyclic) bond motifs is 1. The number of thioether (sulfide) groups is 1. The van der Waals surface area contributed by atoms with Gasteiger partial charge >= 0.3 is 5.97 Å². The van der Waals surface area contributed by atoms with Gasteiger partial charge in [-0.15, -0.1) is 0 Å². The SMILES string of the molecule is COC(=O)Cn1cc(/C=C2\SC(=O)N(CCOc3ccc(F)cc3)C2=O)c2cc(Br)ccc21. The average molecular weight is 533 g/mol. The molecule has 2 aromatic carbocycles. The molecule has 0 bridgehead atoms. The first-order chi connectivity index (χ1) is 15.9. The van der Waals surface area contributed by atoms with Gasteiger partial charge in [0.25, 0.3) is 11.1 Å². The smallest absolute Gasteiger partial charge is 0.325 e. The monoisotopic (exact) mass is 532 g/mol. The summed E-state index contributed by atoms with van der Waals surface area (Å²) in [5, 5.41) is 0.424. The van der Waals surface area contributed by atoms with Crippen LogP contribution in [0.15, 0.2) is 58.0 Å². The Kier molecular flexibility index (Phi) is 6.85. The second-order valence-electron chi connectivity index (χ2n) is 7.09. The van der Waals surface area contributed by atoms with Gasteiger partial charge in [-0.05, 0) is 60.3 Å². The van der Waals surface area contributed by atoms with Gasteiger partial charge < -0.3 is 14.0 Å². The van der Waals surface area contributed by atoms with Crippen molar-refractivity contribution in [2.45, 2.75) is 6.54 Å². The van der Waals surface area contributed by atoms with Crippen LogP contribution in [0.4, 0.5) is 9.18 Å². The molecule has 0 atom stereocenters. The summed E-state index contributed by atoms with van der Waals surface area (Å²) in [5.74, 6) is -0.749. The molecule has 170 valence electrons. The van der Waals surface area contributed by atoms with Gasteiger partial charge in [0, 0.05) is 27.1 Å². The fourth-order valence-corrected chi connectivity index (χ4v) is 4.58. The largest absolute Gasteiger partial charge is 0.492 e. The van der Waals surface area contributed by atoms with Gasteiger partial charge in [0.05, 0.1) is 18.6 Å². The molecule has 1 fully saturated rings. The van der Waals surface area contributed by atoms with Crippen LogP contribution in [-0.4, -0.2) is 46.8 Å². The Labute approximate surface area is 201 Å². The Balaban J connectivity index is 1.53. The van der Waals surface area contributed by atoms with Crippen molar-refractivity contribution in [1.29, 1.82) is 0 Å². The van der Waals surface area contributed by atoms with E-state index in [1.807, 2.05) is 18.2 Å². The molecule has 0 spiro atoms. The number of methoxy groups -OCH3 is 1. The van der Waals surface area contributed by atoms with Crippen molar-refractivity contribution in [1.82, 2.24) is 9.47 Å². The number of carbonyl (C=O) groups excluding carboxylic acids is 3. The lowest BCUT2D eigenvalue weighted by Crippen LogP contribution is -2.32. The highest BCUT2D eigenvalue weighted by molar-refractivity contribution is 9.10. The zero-order valence-corrected chi connectivity index (χ0v) is 19.8. The molecule has 7 nitrogen and oxygen atoms in total. The number of ether oxygens (including phenoxy) is 2. The topological polar surface area (TPSA) is 77.8 Å². The Bertz CT molecular complexity index is 1270. The number of rotatable bonds is 7. The van der Waals surface area contributed by atoms with Crippen LogP contribution in [0.25, 0.3) is 17.0 Å². The molecule has 0 N–H and O–H groups in total. The zero-order chi connectivity index (χ0) is 23.5. The molecule has 2 heterocycles. The maximum absolute atomic E-state index is 13.0. The van der Waals surface area contributed by atoms with Crippen molar-refractivity contribution < 1.29 is 28.2 Å². The molecule has 10 heteroatoms. The number of imide groups is 1. The normalized spacial score (nSPS) is 15.0. The number of aromatic nitrogens is 1. The van der Waals surface area contributed by atoms with Crippen LogP contribution in [0.1, 0.15) is 5.56 Å². The highest BCUT2D eigenvalue weighted by Crippen LogP contribution is 2.34.